The van der Waals surface area contributed by atoms with E-state index in [0.29, 0.717) is 17.7 Å². The number of methoxy groups -OCH3 is 1. The van der Waals surface area contributed by atoms with Crippen LogP contribution in [-0.2, 0) is 16.1 Å². The van der Waals surface area contributed by atoms with Gasteiger partial charge >= 0.3 is 5.97 Å². The molecule has 0 aromatic carbocycles. The van der Waals surface area contributed by atoms with Gasteiger partial charge in [-0.25, -0.2) is 14.6 Å². The van der Waals surface area contributed by atoms with Crippen molar-refractivity contribution < 1.29 is 9.53 Å². The molecule has 23 heavy (non-hydrogen) atoms. The third kappa shape index (κ3) is 2.86. The third-order valence-electron chi connectivity index (χ3n) is 4.49. The molecule has 3 heterocycles. The summed E-state index contributed by atoms with van der Waals surface area (Å²) >= 11 is 0. The Morgan fingerprint density at radius 3 is 2.83 bits per heavy atom. The molecule has 0 aliphatic carbocycles. The molecule has 0 radical (unpaired) electrons. The third-order valence-corrected chi connectivity index (χ3v) is 4.49. The monoisotopic (exact) mass is 318 g/mol. The Hall–Kier alpha value is -2.22. The lowest BCUT2D eigenvalue weighted by atomic mass is 10.1. The molecular formula is C15H22N6O2. The number of ether oxygens (including phenoxy) is 1. The van der Waals surface area contributed by atoms with Crippen molar-refractivity contribution in [2.24, 2.45) is 0 Å². The Morgan fingerprint density at radius 2 is 2.09 bits per heavy atom. The van der Waals surface area contributed by atoms with E-state index in [2.05, 4.69) is 45.8 Å². The minimum atomic E-state index is -0.350. The van der Waals surface area contributed by atoms with Crippen LogP contribution in [0.5, 0.6) is 0 Å². The molecule has 0 N–H and O–H groups in total. The molecule has 2 unspecified atom stereocenters. The molecule has 1 aliphatic rings. The fourth-order valence-corrected chi connectivity index (χ4v) is 3.01. The Kier molecular flexibility index (Phi) is 4.16. The summed E-state index contributed by atoms with van der Waals surface area (Å²) in [5.74, 6) is 0.523. The molecule has 1 saturated heterocycles. The van der Waals surface area contributed by atoms with Gasteiger partial charge in [0, 0.05) is 25.2 Å². The van der Waals surface area contributed by atoms with Crippen molar-refractivity contribution in [3.8, 4) is 0 Å². The summed E-state index contributed by atoms with van der Waals surface area (Å²) < 4.78 is 6.25. The molecule has 0 spiro atoms. The van der Waals surface area contributed by atoms with E-state index in [4.69, 9.17) is 4.74 Å². The van der Waals surface area contributed by atoms with Crippen LogP contribution in [0.2, 0.25) is 0 Å². The second-order valence-corrected chi connectivity index (χ2v) is 6.10. The van der Waals surface area contributed by atoms with Crippen LogP contribution in [0.15, 0.2) is 12.5 Å². The summed E-state index contributed by atoms with van der Waals surface area (Å²) in [6, 6.07) is 0.791. The lowest BCUT2D eigenvalue weighted by Crippen LogP contribution is -2.55. The van der Waals surface area contributed by atoms with Crippen molar-refractivity contribution >= 4 is 22.8 Å². The Morgan fingerprint density at radius 1 is 1.30 bits per heavy atom. The van der Waals surface area contributed by atoms with Crippen molar-refractivity contribution in [1.29, 1.82) is 0 Å². The number of piperazine rings is 1. The first-order chi connectivity index (χ1) is 11.0. The minimum Gasteiger partial charge on any atom is -0.468 e. The second-order valence-electron chi connectivity index (χ2n) is 6.10. The van der Waals surface area contributed by atoms with Gasteiger partial charge in [-0.1, -0.05) is 0 Å². The predicted octanol–water partition coefficient (Wildman–Crippen LogP) is 0.528. The van der Waals surface area contributed by atoms with Crippen LogP contribution < -0.4 is 4.90 Å². The maximum Gasteiger partial charge on any atom is 0.327 e. The summed E-state index contributed by atoms with van der Waals surface area (Å²) in [6.45, 7) is 6.31. The zero-order chi connectivity index (χ0) is 16.6. The van der Waals surface area contributed by atoms with Crippen LogP contribution in [0, 0.1) is 0 Å². The van der Waals surface area contributed by atoms with Gasteiger partial charge in [0.15, 0.2) is 5.65 Å². The van der Waals surface area contributed by atoms with Crippen molar-refractivity contribution in [2.45, 2.75) is 32.5 Å². The molecule has 1 aliphatic heterocycles. The highest BCUT2D eigenvalue weighted by molar-refractivity contribution is 5.87. The van der Waals surface area contributed by atoms with Crippen LogP contribution in [0.4, 0.5) is 5.82 Å². The first kappa shape index (κ1) is 15.7. The van der Waals surface area contributed by atoms with E-state index in [-0.39, 0.29) is 12.5 Å². The smallest absolute Gasteiger partial charge is 0.327 e. The zero-order valence-corrected chi connectivity index (χ0v) is 13.9. The van der Waals surface area contributed by atoms with Crippen LogP contribution in [0.3, 0.4) is 0 Å². The topological polar surface area (TPSA) is 76.4 Å². The number of rotatable bonds is 3. The molecule has 1 fully saturated rings. The summed E-state index contributed by atoms with van der Waals surface area (Å²) in [5, 5.41) is 5.14. The van der Waals surface area contributed by atoms with E-state index in [9.17, 15) is 4.79 Å². The number of likely N-dealkylation sites (N-methyl/N-ethyl adjacent to an activating group) is 1. The SMILES string of the molecule is COC(=O)Cn1ncc2c(N3CC(C)N(C)CC3C)ncnc21. The maximum absolute atomic E-state index is 11.5. The van der Waals surface area contributed by atoms with E-state index < -0.39 is 0 Å². The fourth-order valence-electron chi connectivity index (χ4n) is 3.01. The second kappa shape index (κ2) is 6.11. The van der Waals surface area contributed by atoms with Crippen LogP contribution in [0.1, 0.15) is 13.8 Å². The molecule has 8 heteroatoms. The summed E-state index contributed by atoms with van der Waals surface area (Å²) in [6.07, 6.45) is 3.26. The van der Waals surface area contributed by atoms with Crippen molar-refractivity contribution in [3.63, 3.8) is 0 Å². The highest BCUT2D eigenvalue weighted by atomic mass is 16.5. The largest absolute Gasteiger partial charge is 0.468 e. The number of hydrogen-bond donors (Lipinski definition) is 0. The average molecular weight is 318 g/mol. The summed E-state index contributed by atoms with van der Waals surface area (Å²) in [7, 11) is 3.50. The first-order valence-electron chi connectivity index (χ1n) is 7.71. The highest BCUT2D eigenvalue weighted by Crippen LogP contribution is 2.27. The number of fused-ring (bicyclic) bond motifs is 1. The predicted molar refractivity (Wildman–Crippen MR) is 86.2 cm³/mol. The van der Waals surface area contributed by atoms with Crippen LogP contribution in [-0.4, -0.2) is 69.9 Å². The number of esters is 1. The summed E-state index contributed by atoms with van der Waals surface area (Å²) in [4.78, 5) is 24.9. The number of anilines is 1. The average Bonchev–Trinajstić information content (AvgIpc) is 2.94. The summed E-state index contributed by atoms with van der Waals surface area (Å²) in [5.41, 5.74) is 0.652. The van der Waals surface area contributed by atoms with Gasteiger partial charge in [-0.05, 0) is 20.9 Å². The number of hydrogen-bond acceptors (Lipinski definition) is 7. The first-order valence-corrected chi connectivity index (χ1v) is 7.71. The Bertz CT molecular complexity index is 715. The number of carbonyl (C=O) groups excluding carboxylic acids is 1. The molecule has 2 aromatic heterocycles. The molecule has 0 bridgehead atoms. The van der Waals surface area contributed by atoms with Gasteiger partial charge in [-0.2, -0.15) is 5.10 Å². The van der Waals surface area contributed by atoms with E-state index in [0.717, 1.165) is 24.3 Å². The van der Waals surface area contributed by atoms with Gasteiger partial charge in [0.25, 0.3) is 0 Å². The fraction of sp³-hybridized carbons (Fsp3) is 0.600. The highest BCUT2D eigenvalue weighted by Gasteiger charge is 2.29. The van der Waals surface area contributed by atoms with E-state index in [1.165, 1.54) is 13.4 Å². The normalized spacial score (nSPS) is 22.5. The lowest BCUT2D eigenvalue weighted by molar-refractivity contribution is -0.141. The number of carbonyl (C=O) groups is 1. The molecule has 0 amide bonds. The Labute approximate surface area is 135 Å². The molecular weight excluding hydrogens is 296 g/mol. The van der Waals surface area contributed by atoms with Crippen molar-refractivity contribution in [2.75, 3.05) is 32.1 Å². The molecule has 8 nitrogen and oxygen atoms in total. The maximum atomic E-state index is 11.5. The zero-order valence-electron chi connectivity index (χ0n) is 13.9. The van der Waals surface area contributed by atoms with Gasteiger partial charge in [0.05, 0.1) is 18.7 Å². The molecule has 2 aromatic rings. The molecule has 0 saturated carbocycles. The van der Waals surface area contributed by atoms with Gasteiger partial charge < -0.3 is 9.64 Å². The van der Waals surface area contributed by atoms with Crippen LogP contribution in [0.25, 0.3) is 11.0 Å². The van der Waals surface area contributed by atoms with E-state index in [1.54, 1.807) is 10.9 Å². The van der Waals surface area contributed by atoms with Crippen molar-refractivity contribution in [1.82, 2.24) is 24.6 Å². The number of nitrogens with zero attached hydrogens (tertiary/aromatic N) is 6. The number of aromatic nitrogens is 4. The van der Waals surface area contributed by atoms with Crippen molar-refractivity contribution in [3.05, 3.63) is 12.5 Å². The van der Waals surface area contributed by atoms with Gasteiger partial charge in [-0.3, -0.25) is 9.69 Å². The molecule has 124 valence electrons. The van der Waals surface area contributed by atoms with E-state index >= 15 is 0 Å². The van der Waals surface area contributed by atoms with Gasteiger partial charge in [0.1, 0.15) is 18.7 Å². The molecule has 3 rings (SSSR count). The standard InChI is InChI=1S/C15H22N6O2/c1-10-7-20(11(2)6-19(10)3)14-12-5-18-21(8-13(22)23-4)15(12)17-9-16-14/h5,9-11H,6-8H2,1-4H3. The van der Waals surface area contributed by atoms with Crippen LogP contribution >= 0.6 is 0 Å². The minimum absolute atomic E-state index is 0.0468. The van der Waals surface area contributed by atoms with E-state index in [1.807, 2.05) is 0 Å². The van der Waals surface area contributed by atoms with Gasteiger partial charge in [-0.15, -0.1) is 0 Å². The Balaban J connectivity index is 1.97. The lowest BCUT2D eigenvalue weighted by Gasteiger charge is -2.43. The molecule has 2 atom stereocenters. The quantitative estimate of drug-likeness (QED) is 0.764. The van der Waals surface area contributed by atoms with Gasteiger partial charge in [0.2, 0.25) is 0 Å².